The minimum Gasteiger partial charge on any atom is -0.387 e. The van der Waals surface area contributed by atoms with Crippen LogP contribution in [0.3, 0.4) is 0 Å². The first-order valence-corrected chi connectivity index (χ1v) is 18.0. The summed E-state index contributed by atoms with van der Waals surface area (Å²) < 4.78 is 66.5. The average Bonchev–Trinajstić information content (AvgIpc) is 3.73. The molecule has 4 aromatic heterocycles. The second-order valence-corrected chi connectivity index (χ2v) is 15.6. The van der Waals surface area contributed by atoms with Crippen LogP contribution in [0.5, 0.6) is 0 Å². The molecule has 19 nitrogen and oxygen atoms in total. The fourth-order valence-electron chi connectivity index (χ4n) is 5.23. The number of aromatic nitrogens is 8. The number of hydrogen-bond acceptors (Lipinski definition) is 16. The molecule has 5 N–H and O–H groups in total. The molecule has 2 bridgehead atoms. The third-order valence-corrected chi connectivity index (χ3v) is 10.5. The van der Waals surface area contributed by atoms with E-state index in [-0.39, 0.29) is 28.1 Å². The molecule has 3 saturated heterocycles. The Morgan fingerprint density at radius 2 is 1.89 bits per heavy atom. The zero-order valence-corrected chi connectivity index (χ0v) is 25.4. The summed E-state index contributed by atoms with van der Waals surface area (Å²) in [6, 6.07) is 0. The number of fused-ring (bicyclic) bond motifs is 5. The number of imidazole rings is 2. The molecule has 9 atom stereocenters. The van der Waals surface area contributed by atoms with Gasteiger partial charge in [-0.3, -0.25) is 27.5 Å². The van der Waals surface area contributed by atoms with Gasteiger partial charge in [-0.25, -0.2) is 33.9 Å². The summed E-state index contributed by atoms with van der Waals surface area (Å²) in [5.74, 6) is -2.62. The Kier molecular flexibility index (Phi) is 7.43. The smallest absolute Gasteiger partial charge is 0.386 e. The highest BCUT2D eigenvalue weighted by molar-refractivity contribution is 8.44. The monoisotopic (exact) mass is 693 g/mol. The minimum absolute atomic E-state index is 0.00786. The van der Waals surface area contributed by atoms with Gasteiger partial charge in [-0.05, 0) is 11.8 Å². The van der Waals surface area contributed by atoms with Crippen LogP contribution in [-0.4, -0.2) is 99.4 Å². The molecule has 236 valence electrons. The standard InChI is InChI=1S/C20H22FN9O10P2S2/c21-20(30-7-28-10-15(22)23-4-25-17(10)30)3-35-9-2-37-41(33,43)39-13-12(31)8(1-36-42(34,44)40-14(9)20)38-19(13)29-6-27-11-16(29)24-5-26-18(11)32/h4-9,12-14,19,31H,1-3H2,(H,33,43)(H,34,44)(H2,22,23,25)(H,24,26,32)/t8-,9-,12-,13-,14-,19-,20-,41?,42?/m1/s1. The van der Waals surface area contributed by atoms with Crippen LogP contribution in [0.25, 0.3) is 22.3 Å². The van der Waals surface area contributed by atoms with Crippen LogP contribution in [0.2, 0.25) is 0 Å². The first-order chi connectivity index (χ1) is 20.9. The molecule has 0 spiro atoms. The van der Waals surface area contributed by atoms with E-state index in [1.807, 2.05) is 0 Å². The van der Waals surface area contributed by atoms with Crippen LogP contribution in [0.15, 0.2) is 30.1 Å². The van der Waals surface area contributed by atoms with E-state index in [2.05, 4.69) is 42.2 Å². The summed E-state index contributed by atoms with van der Waals surface area (Å²) in [7, 11) is 0. The number of nitrogens with one attached hydrogen (secondary N) is 1. The van der Waals surface area contributed by atoms with Crippen molar-refractivity contribution in [3.05, 3.63) is 35.7 Å². The lowest BCUT2D eigenvalue weighted by molar-refractivity contribution is -0.0602. The molecular formula is C20H22FN9O10P2S2. The highest BCUT2D eigenvalue weighted by Crippen LogP contribution is 2.59. The molecule has 2 unspecified atom stereocenters. The van der Waals surface area contributed by atoms with Gasteiger partial charge in [-0.2, -0.15) is 0 Å². The molecule has 0 aliphatic carbocycles. The number of H-pyrrole nitrogens is 1. The van der Waals surface area contributed by atoms with E-state index in [4.69, 9.17) is 45.1 Å². The van der Waals surface area contributed by atoms with Crippen LogP contribution in [-0.2, 0) is 49.7 Å². The molecule has 7 heterocycles. The van der Waals surface area contributed by atoms with Crippen molar-refractivity contribution >= 4 is 65.7 Å². The molecule has 0 radical (unpaired) electrons. The maximum atomic E-state index is 16.9. The Morgan fingerprint density at radius 1 is 1.11 bits per heavy atom. The minimum atomic E-state index is -4.45. The third-order valence-electron chi connectivity index (χ3n) is 7.29. The van der Waals surface area contributed by atoms with Gasteiger partial charge in [0.15, 0.2) is 35.0 Å². The largest absolute Gasteiger partial charge is 0.387 e. The number of ether oxygens (including phenoxy) is 2. The molecule has 0 saturated carbocycles. The zero-order valence-electron chi connectivity index (χ0n) is 21.9. The van der Waals surface area contributed by atoms with Crippen molar-refractivity contribution in [3.63, 3.8) is 0 Å². The third kappa shape index (κ3) is 5.08. The van der Waals surface area contributed by atoms with Gasteiger partial charge in [-0.1, -0.05) is 12.2 Å². The Hall–Kier alpha value is -2.46. The molecule has 44 heavy (non-hydrogen) atoms. The van der Waals surface area contributed by atoms with Crippen LogP contribution in [0, 0.1) is 0 Å². The SMILES string of the molecule is Nc1ncnc2c1ncn2[C@]1(F)CO[C@@H]2COP(O)(=S)O[C@@H]3[C@H](O)[C@@H](COP(=O)(S)O[C@H]21)O[C@H]3n1cnc2c(=O)[nH]cnc21. The first-order valence-electron chi connectivity index (χ1n) is 12.7. The summed E-state index contributed by atoms with van der Waals surface area (Å²) in [6.45, 7) is -10.6. The van der Waals surface area contributed by atoms with Gasteiger partial charge in [-0.15, -0.1) is 0 Å². The number of nitrogens with two attached hydrogens (primary N) is 1. The number of halogens is 1. The number of nitrogen functional groups attached to an aromatic ring is 1. The van der Waals surface area contributed by atoms with Crippen molar-refractivity contribution in [1.29, 1.82) is 0 Å². The van der Waals surface area contributed by atoms with E-state index in [1.54, 1.807) is 0 Å². The van der Waals surface area contributed by atoms with E-state index in [9.17, 15) is 19.4 Å². The summed E-state index contributed by atoms with van der Waals surface area (Å²) in [5, 5.41) is 11.1. The second kappa shape index (κ2) is 10.8. The van der Waals surface area contributed by atoms with Crippen LogP contribution in [0.4, 0.5) is 10.2 Å². The lowest BCUT2D eigenvalue weighted by Gasteiger charge is -2.31. The molecule has 0 amide bonds. The first kappa shape index (κ1) is 30.2. The fraction of sp³-hybridized carbons (Fsp3) is 0.500. The van der Waals surface area contributed by atoms with Crippen molar-refractivity contribution in [2.24, 2.45) is 0 Å². The number of alkyl halides is 1. The number of aromatic amines is 1. The van der Waals surface area contributed by atoms with Crippen molar-refractivity contribution in [1.82, 2.24) is 39.0 Å². The predicted molar refractivity (Wildman–Crippen MR) is 151 cm³/mol. The topological polar surface area (TPSA) is 246 Å². The number of thiol groups is 1. The number of aliphatic hydroxyl groups excluding tert-OH is 1. The second-order valence-electron chi connectivity index (χ2n) is 9.95. The van der Waals surface area contributed by atoms with E-state index >= 15 is 4.39 Å². The van der Waals surface area contributed by atoms with Gasteiger partial charge in [0, 0.05) is 0 Å². The number of hydrogen-bond donors (Lipinski definition) is 5. The summed E-state index contributed by atoms with van der Waals surface area (Å²) in [5.41, 5.74) is 5.43. The van der Waals surface area contributed by atoms with E-state index in [0.717, 1.165) is 23.5 Å². The summed E-state index contributed by atoms with van der Waals surface area (Å²) >= 11 is 9.25. The molecule has 24 heteroatoms. The van der Waals surface area contributed by atoms with Gasteiger partial charge in [0.2, 0.25) is 5.79 Å². The van der Waals surface area contributed by atoms with Gasteiger partial charge < -0.3 is 34.7 Å². The Bertz CT molecular complexity index is 1910. The lowest BCUT2D eigenvalue weighted by Crippen LogP contribution is -2.45. The maximum absolute atomic E-state index is 16.9. The number of aliphatic hydroxyl groups is 1. The van der Waals surface area contributed by atoms with Gasteiger partial charge in [0.1, 0.15) is 42.9 Å². The van der Waals surface area contributed by atoms with E-state index in [0.29, 0.717) is 0 Å². The predicted octanol–water partition coefficient (Wildman–Crippen LogP) is -0.107. The van der Waals surface area contributed by atoms with Gasteiger partial charge >= 0.3 is 13.5 Å². The number of rotatable bonds is 2. The van der Waals surface area contributed by atoms with E-state index < -0.39 is 81.4 Å². The number of anilines is 1. The van der Waals surface area contributed by atoms with Crippen LogP contribution >= 0.6 is 25.8 Å². The molecule has 4 aromatic rings. The highest BCUT2D eigenvalue weighted by atomic mass is 32.7. The lowest BCUT2D eigenvalue weighted by atomic mass is 10.1. The maximum Gasteiger partial charge on any atom is 0.386 e. The highest BCUT2D eigenvalue weighted by Gasteiger charge is 2.58. The molecule has 7 rings (SSSR count). The molecule has 3 aliphatic rings. The summed E-state index contributed by atoms with van der Waals surface area (Å²) in [6.07, 6.45) is -4.06. The average molecular weight is 694 g/mol. The Morgan fingerprint density at radius 3 is 2.70 bits per heavy atom. The fourth-order valence-corrected chi connectivity index (χ4v) is 8.13. The quantitative estimate of drug-likeness (QED) is 0.136. The molecule has 0 aromatic carbocycles. The molecule has 3 aliphatic heterocycles. The van der Waals surface area contributed by atoms with Crippen molar-refractivity contribution in [2.45, 2.75) is 42.5 Å². The van der Waals surface area contributed by atoms with Crippen LogP contribution < -0.4 is 11.3 Å². The van der Waals surface area contributed by atoms with Crippen molar-refractivity contribution in [2.75, 3.05) is 25.6 Å². The zero-order chi connectivity index (χ0) is 31.0. The molecular weight excluding hydrogens is 671 g/mol. The van der Waals surface area contributed by atoms with Crippen molar-refractivity contribution < 1.29 is 46.5 Å². The Labute approximate surface area is 254 Å². The van der Waals surface area contributed by atoms with E-state index in [1.165, 1.54) is 10.9 Å². The molecule has 3 fully saturated rings. The Balaban J connectivity index is 1.23. The summed E-state index contributed by atoms with van der Waals surface area (Å²) in [4.78, 5) is 45.7. The van der Waals surface area contributed by atoms with Gasteiger partial charge in [0.05, 0.1) is 32.2 Å². The normalized spacial score (nSPS) is 38.3. The van der Waals surface area contributed by atoms with Gasteiger partial charge in [0.25, 0.3) is 5.56 Å². The van der Waals surface area contributed by atoms with Crippen LogP contribution in [0.1, 0.15) is 6.23 Å². The van der Waals surface area contributed by atoms with Crippen molar-refractivity contribution in [3.8, 4) is 0 Å². The number of nitrogens with zero attached hydrogens (tertiary/aromatic N) is 7.